The monoisotopic (exact) mass is 842 g/mol. The number of amides is 4. The van der Waals surface area contributed by atoms with E-state index < -0.39 is 54.0 Å². The van der Waals surface area contributed by atoms with Gasteiger partial charge in [-0.25, -0.2) is 19.6 Å². The zero-order chi connectivity index (χ0) is 43.4. The molecule has 0 aliphatic carbocycles. The molecule has 0 saturated carbocycles. The Morgan fingerprint density at radius 3 is 2.16 bits per heavy atom. The number of oxazole rings is 1. The van der Waals surface area contributed by atoms with Crippen LogP contribution in [-0.2, 0) is 38.5 Å². The number of Topliss-reactive ketones (excluding diaryl/α,β-unsaturated/α-hetero) is 1. The second-order valence-corrected chi connectivity index (χ2v) is 15.4. The zero-order valence-corrected chi connectivity index (χ0v) is 34.2. The highest BCUT2D eigenvalue weighted by Gasteiger charge is 2.45. The third-order valence-electron chi connectivity index (χ3n) is 10.9. The summed E-state index contributed by atoms with van der Waals surface area (Å²) >= 11 is 0. The molecule has 4 amide bonds. The Kier molecular flexibility index (Phi) is 14.1. The number of nitrogens with zero attached hydrogens (tertiary/aromatic N) is 4. The lowest BCUT2D eigenvalue weighted by molar-refractivity contribution is -0.140. The molecule has 2 fully saturated rings. The van der Waals surface area contributed by atoms with Crippen LogP contribution in [0.25, 0.3) is 11.1 Å². The summed E-state index contributed by atoms with van der Waals surface area (Å²) in [7, 11) is 0. The molecule has 16 heteroatoms. The van der Waals surface area contributed by atoms with Gasteiger partial charge in [-0.2, -0.15) is 0 Å². The summed E-state index contributed by atoms with van der Waals surface area (Å²) < 4.78 is 17.3. The summed E-state index contributed by atoms with van der Waals surface area (Å²) in [6, 6.07) is 28.8. The molecule has 0 spiro atoms. The van der Waals surface area contributed by atoms with Crippen molar-refractivity contribution >= 4 is 52.5 Å². The Bertz CT molecular complexity index is 2330. The number of carbonyl (C=O) groups is 5. The number of nitrogens with one attached hydrogen (secondary N) is 2. The third-order valence-corrected chi connectivity index (χ3v) is 10.9. The van der Waals surface area contributed by atoms with Gasteiger partial charge in [-0.15, -0.1) is 0 Å². The van der Waals surface area contributed by atoms with Crippen LogP contribution < -0.4 is 22.1 Å². The second kappa shape index (κ2) is 20.4. The number of piperidine rings is 1. The van der Waals surface area contributed by atoms with Crippen LogP contribution in [0.5, 0.6) is 0 Å². The summed E-state index contributed by atoms with van der Waals surface area (Å²) in [5.74, 6) is -2.18. The Morgan fingerprint density at radius 2 is 1.47 bits per heavy atom. The lowest BCUT2D eigenvalue weighted by atomic mass is 10.0. The maximum atomic E-state index is 14.8. The number of aryl methyl sites for hydroxylation is 1. The molecule has 4 aromatic carbocycles. The summed E-state index contributed by atoms with van der Waals surface area (Å²) in [4.78, 5) is 81.7. The number of aromatic nitrogens is 1. The third kappa shape index (κ3) is 11.3. The van der Waals surface area contributed by atoms with E-state index in [1.807, 2.05) is 60.7 Å². The predicted octanol–water partition coefficient (Wildman–Crippen LogP) is 5.16. The fourth-order valence-corrected chi connectivity index (χ4v) is 7.68. The molecule has 0 bridgehead atoms. The number of hydrogen-bond donors (Lipinski definition) is 4. The molecule has 5 aromatic rings. The molecule has 3 heterocycles. The first-order valence-corrected chi connectivity index (χ1v) is 20.8. The summed E-state index contributed by atoms with van der Waals surface area (Å²) in [5.41, 5.74) is 14.8. The number of benzene rings is 4. The van der Waals surface area contributed by atoms with Crippen LogP contribution >= 0.6 is 0 Å². The van der Waals surface area contributed by atoms with Gasteiger partial charge < -0.3 is 45.8 Å². The quantitative estimate of drug-likeness (QED) is 0.0612. The van der Waals surface area contributed by atoms with E-state index in [0.29, 0.717) is 41.9 Å². The maximum Gasteiger partial charge on any atom is 0.410 e. The summed E-state index contributed by atoms with van der Waals surface area (Å²) in [5, 5.41) is 5.63. The number of likely N-dealkylation sites (tertiary alicyclic amines) is 2. The van der Waals surface area contributed by atoms with Crippen molar-refractivity contribution in [1.29, 1.82) is 0 Å². The number of carbonyl (C=O) groups excluding carboxylic acids is 5. The molecule has 0 unspecified atom stereocenters. The van der Waals surface area contributed by atoms with Crippen molar-refractivity contribution in [2.24, 2.45) is 16.5 Å². The number of ether oxygens (including phenoxy) is 2. The van der Waals surface area contributed by atoms with E-state index in [2.05, 4.69) is 20.6 Å². The summed E-state index contributed by atoms with van der Waals surface area (Å²) in [6.07, 6.45) is 1.02. The van der Waals surface area contributed by atoms with Crippen LogP contribution in [0, 0.1) is 0 Å². The minimum Gasteiger partial charge on any atom is -0.445 e. The first kappa shape index (κ1) is 42.9. The van der Waals surface area contributed by atoms with E-state index in [4.69, 9.17) is 25.4 Å². The SMILES string of the molecule is NC(N)=Nc1ccc(C[C@H](NC(=O)[C@@H]2C[C@@H](OC(=O)N3CCCCC3)CN2C(=O)[C@@H](CCc2ccccc2)NC(=O)OCc2ccccc2)C(=O)c2nc3ccccc3o2)cc1. The molecule has 4 atom stereocenters. The molecule has 7 rings (SSSR count). The molecule has 2 saturated heterocycles. The normalized spacial score (nSPS) is 17.1. The number of guanidine groups is 1. The van der Waals surface area contributed by atoms with E-state index in [0.717, 1.165) is 30.4 Å². The van der Waals surface area contributed by atoms with Gasteiger partial charge in [0.25, 0.3) is 5.89 Å². The molecule has 62 heavy (non-hydrogen) atoms. The predicted molar refractivity (Wildman–Crippen MR) is 230 cm³/mol. The second-order valence-electron chi connectivity index (χ2n) is 15.4. The van der Waals surface area contributed by atoms with E-state index in [9.17, 15) is 24.0 Å². The number of ketones is 1. The molecule has 6 N–H and O–H groups in total. The van der Waals surface area contributed by atoms with Gasteiger partial charge in [0.15, 0.2) is 11.5 Å². The highest BCUT2D eigenvalue weighted by Crippen LogP contribution is 2.26. The number of para-hydroxylation sites is 2. The molecule has 2 aliphatic heterocycles. The van der Waals surface area contributed by atoms with Crippen LogP contribution in [0.3, 0.4) is 0 Å². The molecule has 1 aromatic heterocycles. The van der Waals surface area contributed by atoms with E-state index in [1.165, 1.54) is 4.90 Å². The molecular formula is C46H50N8O8. The molecule has 322 valence electrons. The van der Waals surface area contributed by atoms with Crippen LogP contribution in [0.4, 0.5) is 15.3 Å². The number of alkyl carbamates (subject to hydrolysis) is 1. The van der Waals surface area contributed by atoms with Gasteiger partial charge in [-0.3, -0.25) is 14.4 Å². The van der Waals surface area contributed by atoms with Gasteiger partial charge >= 0.3 is 12.2 Å². The van der Waals surface area contributed by atoms with Gasteiger partial charge in [0.2, 0.25) is 17.6 Å². The molecule has 16 nitrogen and oxygen atoms in total. The Hall–Kier alpha value is -7.23. The van der Waals surface area contributed by atoms with Crippen molar-refractivity contribution in [2.75, 3.05) is 19.6 Å². The van der Waals surface area contributed by atoms with Gasteiger partial charge in [-0.05, 0) is 73.1 Å². The van der Waals surface area contributed by atoms with Crippen molar-refractivity contribution in [3.8, 4) is 0 Å². The number of nitrogens with two attached hydrogens (primary N) is 2. The van der Waals surface area contributed by atoms with Gasteiger partial charge in [0.1, 0.15) is 36.4 Å². The fraction of sp³-hybridized carbons (Fsp3) is 0.326. The van der Waals surface area contributed by atoms with E-state index in [-0.39, 0.29) is 44.3 Å². The van der Waals surface area contributed by atoms with Crippen LogP contribution in [-0.4, -0.2) is 94.4 Å². The minimum absolute atomic E-state index is 0.00789. The average molecular weight is 843 g/mol. The smallest absolute Gasteiger partial charge is 0.410 e. The summed E-state index contributed by atoms with van der Waals surface area (Å²) in [6.45, 7) is 0.930. The van der Waals surface area contributed by atoms with Crippen LogP contribution in [0.1, 0.15) is 59.5 Å². The van der Waals surface area contributed by atoms with Crippen molar-refractivity contribution < 1.29 is 37.9 Å². The Labute approximate surface area is 358 Å². The highest BCUT2D eigenvalue weighted by atomic mass is 16.6. The van der Waals surface area contributed by atoms with Crippen LogP contribution in [0.2, 0.25) is 0 Å². The van der Waals surface area contributed by atoms with Crippen molar-refractivity contribution in [1.82, 2.24) is 25.4 Å². The van der Waals surface area contributed by atoms with E-state index in [1.54, 1.807) is 53.4 Å². The standard InChI is InChI=1S/C46H50N8O8/c47-44(48)49-33-21-18-31(19-22-33)26-37(40(55)42-51-35-16-8-9-17-39(35)62-42)50-41(56)38-27-34(61-46(59)53-24-10-3-11-25-53)28-54(38)43(57)36(23-20-30-12-4-1-5-13-30)52-45(58)60-29-32-14-6-2-7-15-32/h1-2,4-9,12-19,21-22,34,36-38H,3,10-11,20,23-29H2,(H,50,56)(H,52,58)(H4,47,48,49)/t34-,36-,37+,38+/m1/s1. The number of hydrogen-bond acceptors (Lipinski definition) is 10. The lowest BCUT2D eigenvalue weighted by Gasteiger charge is -2.29. The average Bonchev–Trinajstić information content (AvgIpc) is 3.93. The van der Waals surface area contributed by atoms with Crippen molar-refractivity contribution in [3.05, 3.63) is 132 Å². The zero-order valence-electron chi connectivity index (χ0n) is 34.2. The van der Waals surface area contributed by atoms with E-state index >= 15 is 0 Å². The van der Waals surface area contributed by atoms with Crippen LogP contribution in [0.15, 0.2) is 119 Å². The topological polar surface area (TPSA) is 225 Å². The van der Waals surface area contributed by atoms with Crippen molar-refractivity contribution in [3.63, 3.8) is 0 Å². The van der Waals surface area contributed by atoms with Gasteiger partial charge in [-0.1, -0.05) is 84.9 Å². The highest BCUT2D eigenvalue weighted by molar-refractivity contribution is 6.01. The Morgan fingerprint density at radius 1 is 0.790 bits per heavy atom. The largest absolute Gasteiger partial charge is 0.445 e. The number of aliphatic imine (C=N–C) groups is 1. The van der Waals surface area contributed by atoms with Gasteiger partial charge in [0, 0.05) is 25.9 Å². The molecule has 0 radical (unpaired) electrons. The van der Waals surface area contributed by atoms with Crippen molar-refractivity contribution in [2.45, 2.75) is 75.8 Å². The van der Waals surface area contributed by atoms with Gasteiger partial charge in [0.05, 0.1) is 12.2 Å². The molecular weight excluding hydrogens is 793 g/mol. The lowest BCUT2D eigenvalue weighted by Crippen LogP contribution is -2.55. The first-order valence-electron chi connectivity index (χ1n) is 20.8. The number of fused-ring (bicyclic) bond motifs is 1. The maximum absolute atomic E-state index is 14.8. The molecule has 2 aliphatic rings. The number of rotatable bonds is 15. The fourth-order valence-electron chi connectivity index (χ4n) is 7.68. The minimum atomic E-state index is -1.21. The first-order chi connectivity index (χ1) is 30.1. The Balaban J connectivity index is 1.16.